The van der Waals surface area contributed by atoms with Crippen LogP contribution in [0.3, 0.4) is 0 Å². The van der Waals surface area contributed by atoms with Crippen molar-refractivity contribution in [1.29, 1.82) is 0 Å². The first-order valence-electron chi connectivity index (χ1n) is 1.76. The molecule has 0 aromatic carbocycles. The van der Waals surface area contributed by atoms with E-state index >= 15 is 0 Å². The molecule has 0 aliphatic rings. The molecule has 0 atom stereocenters. The minimum Gasteiger partial charge on any atom is -0.504 e. The summed E-state index contributed by atoms with van der Waals surface area (Å²) in [6.45, 7) is 0. The lowest BCUT2D eigenvalue weighted by molar-refractivity contribution is -0.113. The summed E-state index contributed by atoms with van der Waals surface area (Å²) in [5.74, 6) is -0.498. The fourth-order valence-corrected chi connectivity index (χ4v) is 0.135. The van der Waals surface area contributed by atoms with E-state index in [1.54, 1.807) is 0 Å². The lowest BCUT2D eigenvalue weighted by Crippen LogP contribution is -2.05. The van der Waals surface area contributed by atoms with Gasteiger partial charge in [0.25, 0.3) is 0 Å². The summed E-state index contributed by atoms with van der Waals surface area (Å²) in [5.41, 5.74) is 4.67. The zero-order chi connectivity index (χ0) is 5.70. The van der Waals surface area contributed by atoms with Crippen molar-refractivity contribution in [2.45, 2.75) is 0 Å². The molecule has 0 spiro atoms. The van der Waals surface area contributed by atoms with Crippen LogP contribution in [0.2, 0.25) is 0 Å². The molecule has 3 nitrogen and oxygen atoms in total. The van der Waals surface area contributed by atoms with Gasteiger partial charge in [0.05, 0.1) is 13.4 Å². The molecule has 0 fully saturated rings. The van der Waals surface area contributed by atoms with E-state index in [-0.39, 0.29) is 0 Å². The first-order chi connectivity index (χ1) is 3.27. The number of amides is 1. The monoisotopic (exact) mass is 101 g/mol. The molecular weight excluding hydrogens is 94.0 g/mol. The van der Waals surface area contributed by atoms with Gasteiger partial charge in [0.1, 0.15) is 0 Å². The normalized spacial score (nSPS) is 9.29. The maximum atomic E-state index is 9.81. The Balaban J connectivity index is 3.26. The van der Waals surface area contributed by atoms with Gasteiger partial charge >= 0.3 is 0 Å². The smallest absolute Gasteiger partial charge is 0.244 e. The molecule has 0 bridgehead atoms. The number of hydrogen-bond donors (Lipinski definition) is 1. The molecule has 3 heteroatoms. The molecule has 0 radical (unpaired) electrons. The third kappa shape index (κ3) is 5.01. The van der Waals surface area contributed by atoms with Crippen molar-refractivity contribution in [1.82, 2.24) is 0 Å². The number of rotatable bonds is 2. The largest absolute Gasteiger partial charge is 0.504 e. The molecule has 40 valence electrons. The van der Waals surface area contributed by atoms with Crippen molar-refractivity contribution in [3.63, 3.8) is 0 Å². The average Bonchev–Trinajstić information content (AvgIpc) is 1.61. The number of carbonyl (C=O) groups excluding carboxylic acids is 1. The molecule has 0 saturated heterocycles. The van der Waals surface area contributed by atoms with Gasteiger partial charge in [-0.25, -0.2) is 0 Å². The molecule has 0 saturated carbocycles. The minimum atomic E-state index is -0.498. The second-order valence-electron chi connectivity index (χ2n) is 0.941. The van der Waals surface area contributed by atoms with Gasteiger partial charge in [-0.15, -0.1) is 0 Å². The Kier molecular flexibility index (Phi) is 2.76. The highest BCUT2D eigenvalue weighted by Crippen LogP contribution is 1.67. The van der Waals surface area contributed by atoms with Crippen LogP contribution in [-0.2, 0) is 9.53 Å². The van der Waals surface area contributed by atoms with E-state index in [1.165, 1.54) is 13.4 Å². The molecule has 1 amide bonds. The van der Waals surface area contributed by atoms with Crippen LogP contribution in [-0.4, -0.2) is 13.0 Å². The van der Waals surface area contributed by atoms with Crippen molar-refractivity contribution in [3.05, 3.63) is 12.3 Å². The Hall–Kier alpha value is -0.990. The Morgan fingerprint density at radius 1 is 1.86 bits per heavy atom. The second-order valence-corrected chi connectivity index (χ2v) is 0.941. The molecular formula is C4H7NO2. The van der Waals surface area contributed by atoms with E-state index in [2.05, 4.69) is 10.5 Å². The van der Waals surface area contributed by atoms with Crippen LogP contribution in [0.5, 0.6) is 0 Å². The Morgan fingerprint density at radius 3 is 2.57 bits per heavy atom. The number of ether oxygens (including phenoxy) is 1. The highest BCUT2D eigenvalue weighted by Gasteiger charge is 1.76. The third-order valence-corrected chi connectivity index (χ3v) is 0.368. The Morgan fingerprint density at radius 2 is 2.43 bits per heavy atom. The van der Waals surface area contributed by atoms with Crippen LogP contribution < -0.4 is 5.73 Å². The van der Waals surface area contributed by atoms with Gasteiger partial charge in [0, 0.05) is 6.08 Å². The molecule has 0 aliphatic heterocycles. The highest BCUT2D eigenvalue weighted by atomic mass is 16.5. The predicted molar refractivity (Wildman–Crippen MR) is 25.3 cm³/mol. The van der Waals surface area contributed by atoms with E-state index in [0.717, 1.165) is 6.08 Å². The lowest BCUT2D eigenvalue weighted by atomic mass is 10.6. The van der Waals surface area contributed by atoms with Gasteiger partial charge in [-0.05, 0) is 0 Å². The van der Waals surface area contributed by atoms with E-state index in [0.29, 0.717) is 0 Å². The van der Waals surface area contributed by atoms with Crippen LogP contribution in [0.1, 0.15) is 0 Å². The van der Waals surface area contributed by atoms with Gasteiger partial charge < -0.3 is 10.5 Å². The number of primary amides is 1. The van der Waals surface area contributed by atoms with Crippen LogP contribution in [0.25, 0.3) is 0 Å². The van der Waals surface area contributed by atoms with Crippen molar-refractivity contribution in [2.24, 2.45) is 5.73 Å². The standard InChI is InChI=1S/C4H7NO2/c1-7-3-2-4(5)6/h2-3H,1H3,(H2,5,6)/b3-2+. The fraction of sp³-hybridized carbons (Fsp3) is 0.250. The SMILES string of the molecule is CO/C=C/C(N)=O. The minimum absolute atomic E-state index is 0.498. The van der Waals surface area contributed by atoms with Gasteiger partial charge in [-0.2, -0.15) is 0 Å². The maximum absolute atomic E-state index is 9.81. The van der Waals surface area contributed by atoms with E-state index < -0.39 is 5.91 Å². The van der Waals surface area contributed by atoms with Gasteiger partial charge in [0.2, 0.25) is 5.91 Å². The molecule has 0 aromatic heterocycles. The van der Waals surface area contributed by atoms with Crippen molar-refractivity contribution >= 4 is 5.91 Å². The number of nitrogens with two attached hydrogens (primary N) is 1. The molecule has 0 aromatic rings. The molecule has 0 heterocycles. The maximum Gasteiger partial charge on any atom is 0.244 e. The number of carbonyl (C=O) groups is 1. The molecule has 0 aliphatic carbocycles. The summed E-state index contributed by atoms with van der Waals surface area (Å²) in [6, 6.07) is 0. The molecule has 7 heavy (non-hydrogen) atoms. The topological polar surface area (TPSA) is 52.3 Å². The summed E-state index contributed by atoms with van der Waals surface area (Å²) >= 11 is 0. The van der Waals surface area contributed by atoms with Crippen molar-refractivity contribution < 1.29 is 9.53 Å². The summed E-state index contributed by atoms with van der Waals surface area (Å²) in [5, 5.41) is 0. The van der Waals surface area contributed by atoms with Gasteiger partial charge in [-0.1, -0.05) is 0 Å². The lowest BCUT2D eigenvalue weighted by Gasteiger charge is -1.80. The summed E-state index contributed by atoms with van der Waals surface area (Å²) in [6.07, 6.45) is 2.36. The van der Waals surface area contributed by atoms with E-state index in [9.17, 15) is 4.79 Å². The second kappa shape index (κ2) is 3.21. The van der Waals surface area contributed by atoms with Crippen LogP contribution in [0, 0.1) is 0 Å². The summed E-state index contributed by atoms with van der Waals surface area (Å²) in [4.78, 5) is 9.81. The first kappa shape index (κ1) is 6.01. The fourth-order valence-electron chi connectivity index (χ4n) is 0.135. The summed E-state index contributed by atoms with van der Waals surface area (Å²) in [7, 11) is 1.44. The van der Waals surface area contributed by atoms with Crippen LogP contribution in [0.15, 0.2) is 12.3 Å². The quantitative estimate of drug-likeness (QED) is 0.381. The molecule has 0 unspecified atom stereocenters. The van der Waals surface area contributed by atoms with Crippen LogP contribution >= 0.6 is 0 Å². The van der Waals surface area contributed by atoms with E-state index in [4.69, 9.17) is 0 Å². The number of methoxy groups -OCH3 is 1. The van der Waals surface area contributed by atoms with Crippen molar-refractivity contribution in [3.8, 4) is 0 Å². The van der Waals surface area contributed by atoms with Gasteiger partial charge in [-0.3, -0.25) is 4.79 Å². The zero-order valence-corrected chi connectivity index (χ0v) is 4.05. The van der Waals surface area contributed by atoms with Crippen LogP contribution in [0.4, 0.5) is 0 Å². The van der Waals surface area contributed by atoms with Gasteiger partial charge in [0.15, 0.2) is 0 Å². The highest BCUT2D eigenvalue weighted by molar-refractivity contribution is 5.85. The van der Waals surface area contributed by atoms with E-state index in [1.807, 2.05) is 0 Å². The predicted octanol–water partition coefficient (Wildman–Crippen LogP) is -0.368. The zero-order valence-electron chi connectivity index (χ0n) is 4.05. The first-order valence-corrected chi connectivity index (χ1v) is 1.76. The molecule has 2 N–H and O–H groups in total. The van der Waals surface area contributed by atoms with Crippen molar-refractivity contribution in [2.75, 3.05) is 7.11 Å². The summed E-state index contributed by atoms with van der Waals surface area (Å²) < 4.78 is 4.37. The average molecular weight is 101 g/mol. The third-order valence-electron chi connectivity index (χ3n) is 0.368. The Bertz CT molecular complexity index is 87.7. The number of hydrogen-bond acceptors (Lipinski definition) is 2. The Labute approximate surface area is 41.8 Å². The molecule has 0 rings (SSSR count).